The van der Waals surface area contributed by atoms with E-state index in [2.05, 4.69) is 10.6 Å². The minimum absolute atomic E-state index is 0.00805. The van der Waals surface area contributed by atoms with Gasteiger partial charge in [0.1, 0.15) is 5.75 Å². The van der Waals surface area contributed by atoms with Gasteiger partial charge in [-0.2, -0.15) is 0 Å². The molecule has 5 nitrogen and oxygen atoms in total. The molecule has 0 radical (unpaired) electrons. The Hall–Kier alpha value is -2.12. The average molecular weight is 393 g/mol. The first-order chi connectivity index (χ1) is 12.3. The van der Waals surface area contributed by atoms with Gasteiger partial charge in [0.2, 0.25) is 0 Å². The quantitative estimate of drug-likeness (QED) is 0.696. The number of hydrogen-bond acceptors (Lipinski definition) is 4. The molecule has 0 aromatic heterocycles. The van der Waals surface area contributed by atoms with E-state index in [0.717, 1.165) is 23.4 Å². The van der Waals surface area contributed by atoms with Crippen LogP contribution >= 0.6 is 12.2 Å². The summed E-state index contributed by atoms with van der Waals surface area (Å²) in [6.07, 6.45) is 2.01. The number of anilines is 1. The summed E-state index contributed by atoms with van der Waals surface area (Å²) in [7, 11) is -3.19. The van der Waals surface area contributed by atoms with Crippen molar-refractivity contribution in [3.8, 4) is 5.75 Å². The van der Waals surface area contributed by atoms with Gasteiger partial charge in [-0.3, -0.25) is 0 Å². The molecule has 7 heteroatoms. The summed E-state index contributed by atoms with van der Waals surface area (Å²) in [5.74, 6) is 0.814. The maximum atomic E-state index is 11.6. The SMILES string of the molecule is CCOc1ccc(NC(=S)N[C@H](CC)c2ccc(S(C)(=O)=O)cc2)cc1. The number of hydrogen-bond donors (Lipinski definition) is 2. The largest absolute Gasteiger partial charge is 0.494 e. The summed E-state index contributed by atoms with van der Waals surface area (Å²) in [5.41, 5.74) is 1.85. The fourth-order valence-corrected chi connectivity index (χ4v) is 3.39. The molecule has 0 aliphatic carbocycles. The summed E-state index contributed by atoms with van der Waals surface area (Å²) < 4.78 is 28.6. The van der Waals surface area contributed by atoms with Crippen LogP contribution in [-0.4, -0.2) is 26.4 Å². The van der Waals surface area contributed by atoms with E-state index in [9.17, 15) is 8.42 Å². The zero-order valence-corrected chi connectivity index (χ0v) is 16.8. The molecule has 0 fully saturated rings. The highest BCUT2D eigenvalue weighted by Gasteiger charge is 2.13. The molecule has 2 aromatic carbocycles. The fourth-order valence-electron chi connectivity index (χ4n) is 2.50. The lowest BCUT2D eigenvalue weighted by Gasteiger charge is -2.20. The van der Waals surface area contributed by atoms with Crippen molar-refractivity contribution in [2.24, 2.45) is 0 Å². The molecule has 2 N–H and O–H groups in total. The van der Waals surface area contributed by atoms with Crippen LogP contribution in [0.5, 0.6) is 5.75 Å². The van der Waals surface area contributed by atoms with E-state index in [1.165, 1.54) is 6.26 Å². The third kappa shape index (κ3) is 5.71. The second-order valence-corrected chi connectivity index (χ2v) is 8.28. The topological polar surface area (TPSA) is 67.4 Å². The number of sulfone groups is 1. The van der Waals surface area contributed by atoms with E-state index in [4.69, 9.17) is 17.0 Å². The number of rotatable bonds is 7. The Bertz CT molecular complexity index is 832. The summed E-state index contributed by atoms with van der Waals surface area (Å²) in [5, 5.41) is 6.93. The van der Waals surface area contributed by atoms with Crippen molar-refractivity contribution in [2.75, 3.05) is 18.2 Å². The second kappa shape index (κ2) is 9.00. The van der Waals surface area contributed by atoms with Crippen molar-refractivity contribution in [1.29, 1.82) is 0 Å². The van der Waals surface area contributed by atoms with Gasteiger partial charge >= 0.3 is 0 Å². The lowest BCUT2D eigenvalue weighted by atomic mass is 10.1. The van der Waals surface area contributed by atoms with Crippen LogP contribution in [0.4, 0.5) is 5.69 Å². The van der Waals surface area contributed by atoms with Gasteiger partial charge < -0.3 is 15.4 Å². The zero-order chi connectivity index (χ0) is 19.2. The Labute approximate surface area is 160 Å². The molecular weight excluding hydrogens is 368 g/mol. The van der Waals surface area contributed by atoms with Crippen molar-refractivity contribution in [3.05, 3.63) is 54.1 Å². The predicted molar refractivity (Wildman–Crippen MR) is 110 cm³/mol. The molecule has 1 atom stereocenters. The number of thiocarbonyl (C=S) groups is 1. The van der Waals surface area contributed by atoms with E-state index in [-0.39, 0.29) is 6.04 Å². The predicted octanol–water partition coefficient (Wildman–Crippen LogP) is 3.93. The van der Waals surface area contributed by atoms with Gasteiger partial charge in [0.05, 0.1) is 17.5 Å². The monoisotopic (exact) mass is 392 g/mol. The van der Waals surface area contributed by atoms with Crippen LogP contribution in [0.15, 0.2) is 53.4 Å². The van der Waals surface area contributed by atoms with Crippen molar-refractivity contribution in [2.45, 2.75) is 31.2 Å². The van der Waals surface area contributed by atoms with Crippen LogP contribution in [0.25, 0.3) is 0 Å². The van der Waals surface area contributed by atoms with E-state index < -0.39 is 9.84 Å². The molecule has 0 aliphatic heterocycles. The standard InChI is InChI=1S/C19H24N2O3S2/c1-4-18(14-6-12-17(13-7-14)26(3,22)23)21-19(25)20-15-8-10-16(11-9-15)24-5-2/h6-13,18H,4-5H2,1-3H3,(H2,20,21,25)/t18-/m1/s1. The van der Waals surface area contributed by atoms with Gasteiger partial charge in [-0.1, -0.05) is 19.1 Å². The van der Waals surface area contributed by atoms with Gasteiger partial charge in [0.25, 0.3) is 0 Å². The molecular formula is C19H24N2O3S2. The highest BCUT2D eigenvalue weighted by molar-refractivity contribution is 7.90. The highest BCUT2D eigenvalue weighted by Crippen LogP contribution is 2.20. The third-order valence-corrected chi connectivity index (χ3v) is 5.20. The van der Waals surface area contributed by atoms with Crippen LogP contribution in [0.3, 0.4) is 0 Å². The summed E-state index contributed by atoms with van der Waals surface area (Å²) in [4.78, 5) is 0.311. The first-order valence-electron chi connectivity index (χ1n) is 8.44. The summed E-state index contributed by atoms with van der Waals surface area (Å²) in [6, 6.07) is 14.4. The van der Waals surface area contributed by atoms with Gasteiger partial charge in [-0.05, 0) is 67.5 Å². The van der Waals surface area contributed by atoms with E-state index >= 15 is 0 Å². The third-order valence-electron chi connectivity index (χ3n) is 3.85. The molecule has 2 aromatic rings. The molecule has 140 valence electrons. The molecule has 0 heterocycles. The molecule has 0 spiro atoms. The Kier molecular flexibility index (Phi) is 6.99. The van der Waals surface area contributed by atoms with Crippen LogP contribution in [0, 0.1) is 0 Å². The minimum atomic E-state index is -3.19. The fraction of sp³-hybridized carbons (Fsp3) is 0.316. The van der Waals surface area contributed by atoms with Crippen molar-refractivity contribution in [3.63, 3.8) is 0 Å². The van der Waals surface area contributed by atoms with Gasteiger partial charge in [-0.25, -0.2) is 8.42 Å². The van der Waals surface area contributed by atoms with Crippen LogP contribution in [-0.2, 0) is 9.84 Å². The first-order valence-corrected chi connectivity index (χ1v) is 10.7. The Balaban J connectivity index is 2.01. The lowest BCUT2D eigenvalue weighted by molar-refractivity contribution is 0.340. The van der Waals surface area contributed by atoms with Crippen molar-refractivity contribution in [1.82, 2.24) is 5.32 Å². The molecule has 26 heavy (non-hydrogen) atoms. The molecule has 0 aliphatic rings. The van der Waals surface area contributed by atoms with Crippen LogP contribution in [0.2, 0.25) is 0 Å². The Morgan fingerprint density at radius 2 is 1.69 bits per heavy atom. The summed E-state index contributed by atoms with van der Waals surface area (Å²) in [6.45, 7) is 4.61. The van der Waals surface area contributed by atoms with Gasteiger partial charge in [-0.15, -0.1) is 0 Å². The molecule has 0 amide bonds. The van der Waals surface area contributed by atoms with Crippen LogP contribution in [0.1, 0.15) is 31.9 Å². The molecule has 0 unspecified atom stereocenters. The number of ether oxygens (including phenoxy) is 1. The zero-order valence-electron chi connectivity index (χ0n) is 15.2. The minimum Gasteiger partial charge on any atom is -0.494 e. The van der Waals surface area contributed by atoms with Crippen LogP contribution < -0.4 is 15.4 Å². The van der Waals surface area contributed by atoms with Crippen molar-refractivity contribution < 1.29 is 13.2 Å². The maximum absolute atomic E-state index is 11.6. The number of benzene rings is 2. The lowest BCUT2D eigenvalue weighted by Crippen LogP contribution is -2.32. The average Bonchev–Trinajstić information content (AvgIpc) is 2.61. The molecule has 0 saturated heterocycles. The molecule has 2 rings (SSSR count). The van der Waals surface area contributed by atoms with E-state index in [1.807, 2.05) is 50.2 Å². The van der Waals surface area contributed by atoms with Gasteiger partial charge in [0.15, 0.2) is 14.9 Å². The first kappa shape index (κ1) is 20.2. The van der Waals surface area contributed by atoms with E-state index in [0.29, 0.717) is 16.6 Å². The normalized spacial score (nSPS) is 12.3. The summed E-state index contributed by atoms with van der Waals surface area (Å²) >= 11 is 5.40. The number of nitrogens with one attached hydrogen (secondary N) is 2. The van der Waals surface area contributed by atoms with Crippen molar-refractivity contribution >= 4 is 32.9 Å². The van der Waals surface area contributed by atoms with Gasteiger partial charge in [0, 0.05) is 11.9 Å². The second-order valence-electron chi connectivity index (χ2n) is 5.86. The van der Waals surface area contributed by atoms with E-state index in [1.54, 1.807) is 12.1 Å². The Morgan fingerprint density at radius 1 is 1.08 bits per heavy atom. The smallest absolute Gasteiger partial charge is 0.175 e. The molecule has 0 bridgehead atoms. The maximum Gasteiger partial charge on any atom is 0.175 e. The Morgan fingerprint density at radius 3 is 2.19 bits per heavy atom. The highest BCUT2D eigenvalue weighted by atomic mass is 32.2. The molecule has 0 saturated carbocycles.